The Labute approximate surface area is 110 Å². The fourth-order valence-electron chi connectivity index (χ4n) is 2.91. The van der Waals surface area contributed by atoms with E-state index in [1.807, 2.05) is 0 Å². The first-order valence-corrected chi connectivity index (χ1v) is 7.10. The van der Waals surface area contributed by atoms with Gasteiger partial charge in [-0.15, -0.1) is 0 Å². The van der Waals surface area contributed by atoms with E-state index in [-0.39, 0.29) is 17.5 Å². The average Bonchev–Trinajstić information content (AvgIpc) is 2.37. The highest BCUT2D eigenvalue weighted by Gasteiger charge is 2.18. The number of ketones is 1. The van der Waals surface area contributed by atoms with Crippen LogP contribution in [0.2, 0.25) is 0 Å². The Balaban J connectivity index is 2.29. The smallest absolute Gasteiger partial charge is 0.142 e. The third kappa shape index (κ3) is 5.52. The van der Waals surface area contributed by atoms with Crippen molar-refractivity contribution >= 4 is 11.6 Å². The largest absolute Gasteiger partial charge is 0.409 e. The molecule has 0 heterocycles. The molecule has 0 aromatic rings. The van der Waals surface area contributed by atoms with Gasteiger partial charge in [-0.25, -0.2) is 0 Å². The van der Waals surface area contributed by atoms with Crippen molar-refractivity contribution in [2.45, 2.75) is 64.7 Å². The summed E-state index contributed by atoms with van der Waals surface area (Å²) in [5, 5.41) is 11.8. The molecule has 0 bridgehead atoms. The van der Waals surface area contributed by atoms with Crippen molar-refractivity contribution in [3.8, 4) is 0 Å². The number of hydrogen-bond acceptors (Lipinski definition) is 3. The second-order valence-electron chi connectivity index (χ2n) is 5.56. The summed E-state index contributed by atoms with van der Waals surface area (Å²) < 4.78 is 0. The van der Waals surface area contributed by atoms with Gasteiger partial charge < -0.3 is 15.7 Å². The molecule has 104 valence electrons. The van der Waals surface area contributed by atoms with Gasteiger partial charge in [0.15, 0.2) is 0 Å². The summed E-state index contributed by atoms with van der Waals surface area (Å²) in [6.07, 6.45) is 10.3. The summed E-state index contributed by atoms with van der Waals surface area (Å²) in [4.78, 5) is 11.1. The van der Waals surface area contributed by atoms with E-state index >= 15 is 0 Å². The van der Waals surface area contributed by atoms with Crippen LogP contribution in [0.1, 0.15) is 64.7 Å². The monoisotopic (exact) mass is 254 g/mol. The molecule has 0 radical (unpaired) electrons. The molecule has 18 heavy (non-hydrogen) atoms. The summed E-state index contributed by atoms with van der Waals surface area (Å²) in [5.41, 5.74) is 5.63. The maximum absolute atomic E-state index is 11.1. The molecule has 3 N–H and O–H groups in total. The van der Waals surface area contributed by atoms with Crippen molar-refractivity contribution in [3.05, 3.63) is 0 Å². The molecule has 0 aromatic heterocycles. The lowest BCUT2D eigenvalue weighted by atomic mass is 9.84. The Kier molecular flexibility index (Phi) is 6.76. The first-order valence-electron chi connectivity index (χ1n) is 7.10. The van der Waals surface area contributed by atoms with E-state index in [1.165, 1.54) is 38.5 Å². The molecule has 0 spiro atoms. The van der Waals surface area contributed by atoms with Crippen molar-refractivity contribution in [1.29, 1.82) is 0 Å². The first-order chi connectivity index (χ1) is 8.63. The van der Waals surface area contributed by atoms with Gasteiger partial charge in [0.25, 0.3) is 0 Å². The highest BCUT2D eigenvalue weighted by molar-refractivity contribution is 5.87. The van der Waals surface area contributed by atoms with Gasteiger partial charge in [0.1, 0.15) is 11.6 Å². The van der Waals surface area contributed by atoms with Crippen LogP contribution < -0.4 is 5.73 Å². The van der Waals surface area contributed by atoms with Crippen molar-refractivity contribution in [3.63, 3.8) is 0 Å². The highest BCUT2D eigenvalue weighted by atomic mass is 16.4. The predicted octanol–water partition coefficient (Wildman–Crippen LogP) is 3.08. The van der Waals surface area contributed by atoms with Crippen LogP contribution in [0.5, 0.6) is 0 Å². The minimum absolute atomic E-state index is 0.0870. The molecule has 1 aliphatic rings. The second kappa shape index (κ2) is 8.11. The molecule has 1 rings (SSSR count). The molecule has 1 fully saturated rings. The molecule has 1 aliphatic carbocycles. The van der Waals surface area contributed by atoms with Crippen molar-refractivity contribution in [2.75, 3.05) is 0 Å². The van der Waals surface area contributed by atoms with E-state index in [4.69, 9.17) is 10.9 Å². The van der Waals surface area contributed by atoms with Crippen molar-refractivity contribution in [2.24, 2.45) is 22.7 Å². The third-order valence-corrected chi connectivity index (χ3v) is 3.96. The highest BCUT2D eigenvalue weighted by Crippen LogP contribution is 2.28. The predicted molar refractivity (Wildman–Crippen MR) is 72.6 cm³/mol. The van der Waals surface area contributed by atoms with E-state index in [2.05, 4.69) is 5.16 Å². The van der Waals surface area contributed by atoms with Crippen LogP contribution in [-0.2, 0) is 4.79 Å². The zero-order valence-corrected chi connectivity index (χ0v) is 11.4. The number of rotatable bonds is 7. The third-order valence-electron chi connectivity index (χ3n) is 3.96. The molecule has 1 unspecified atom stereocenters. The van der Waals surface area contributed by atoms with Gasteiger partial charge in [-0.3, -0.25) is 0 Å². The van der Waals surface area contributed by atoms with Crippen molar-refractivity contribution < 1.29 is 10.0 Å². The number of hydrogen-bond donors (Lipinski definition) is 2. The topological polar surface area (TPSA) is 75.7 Å². The van der Waals surface area contributed by atoms with Crippen LogP contribution in [0, 0.1) is 11.8 Å². The number of Topliss-reactive ketones (excluding diaryl/α,β-unsaturated/α-hetero) is 1. The number of carbonyl (C=O) groups excluding carboxylic acids is 1. The molecule has 4 nitrogen and oxygen atoms in total. The van der Waals surface area contributed by atoms with E-state index in [9.17, 15) is 4.79 Å². The SMILES string of the molecule is CC(=O)CC(CCCC1CCCCC1)/C(N)=N/O. The normalized spacial score (nSPS) is 19.7. The lowest BCUT2D eigenvalue weighted by Crippen LogP contribution is -2.25. The molecular formula is C14H26N2O2. The van der Waals surface area contributed by atoms with Crippen molar-refractivity contribution in [1.82, 2.24) is 0 Å². The number of amidine groups is 1. The molecule has 0 aromatic carbocycles. The summed E-state index contributed by atoms with van der Waals surface area (Å²) in [6.45, 7) is 1.55. The maximum Gasteiger partial charge on any atom is 0.142 e. The van der Waals surface area contributed by atoms with Crippen LogP contribution in [0.4, 0.5) is 0 Å². The van der Waals surface area contributed by atoms with Gasteiger partial charge in [-0.1, -0.05) is 50.1 Å². The van der Waals surface area contributed by atoms with Crippen LogP contribution in [-0.4, -0.2) is 16.8 Å². The first kappa shape index (κ1) is 15.0. The zero-order chi connectivity index (χ0) is 13.4. The van der Waals surface area contributed by atoms with E-state index in [0.717, 1.165) is 18.8 Å². The van der Waals surface area contributed by atoms with Gasteiger partial charge in [-0.05, 0) is 19.3 Å². The number of nitrogens with two attached hydrogens (primary N) is 1. The quantitative estimate of drug-likeness (QED) is 0.317. The lowest BCUT2D eigenvalue weighted by Gasteiger charge is -2.22. The lowest BCUT2D eigenvalue weighted by molar-refractivity contribution is -0.117. The van der Waals surface area contributed by atoms with E-state index < -0.39 is 0 Å². The van der Waals surface area contributed by atoms with Crippen LogP contribution in [0.15, 0.2) is 5.16 Å². The standard InChI is InChI=1S/C14H26N2O2/c1-11(17)10-13(14(15)16-18)9-5-8-12-6-3-2-4-7-12/h12-13,18H,2-10H2,1H3,(H2,15,16). The summed E-state index contributed by atoms with van der Waals surface area (Å²) in [7, 11) is 0. The number of oxime groups is 1. The summed E-state index contributed by atoms with van der Waals surface area (Å²) in [6, 6.07) is 0. The fraction of sp³-hybridized carbons (Fsp3) is 0.857. The van der Waals surface area contributed by atoms with Gasteiger partial charge in [0.05, 0.1) is 0 Å². The molecule has 0 saturated heterocycles. The second-order valence-corrected chi connectivity index (χ2v) is 5.56. The maximum atomic E-state index is 11.1. The van der Waals surface area contributed by atoms with Gasteiger partial charge in [0, 0.05) is 12.3 Å². The molecule has 0 aliphatic heterocycles. The van der Waals surface area contributed by atoms with Crippen LogP contribution >= 0.6 is 0 Å². The summed E-state index contributed by atoms with van der Waals surface area (Å²) >= 11 is 0. The van der Waals surface area contributed by atoms with Gasteiger partial charge >= 0.3 is 0 Å². The molecule has 1 saturated carbocycles. The Morgan fingerprint density at radius 2 is 2.06 bits per heavy atom. The van der Waals surface area contributed by atoms with Crippen LogP contribution in [0.25, 0.3) is 0 Å². The minimum atomic E-state index is -0.0870. The Morgan fingerprint density at radius 1 is 1.39 bits per heavy atom. The van der Waals surface area contributed by atoms with Gasteiger partial charge in [-0.2, -0.15) is 0 Å². The Morgan fingerprint density at radius 3 is 2.61 bits per heavy atom. The Hall–Kier alpha value is -1.06. The van der Waals surface area contributed by atoms with E-state index in [1.54, 1.807) is 6.92 Å². The zero-order valence-electron chi connectivity index (χ0n) is 11.4. The summed E-state index contributed by atoms with van der Waals surface area (Å²) in [5.74, 6) is 1.07. The van der Waals surface area contributed by atoms with E-state index in [0.29, 0.717) is 6.42 Å². The molecule has 1 atom stereocenters. The molecule has 0 amide bonds. The number of carbonyl (C=O) groups is 1. The average molecular weight is 254 g/mol. The number of nitrogens with zero attached hydrogens (tertiary/aromatic N) is 1. The molecule has 4 heteroatoms. The fourth-order valence-corrected chi connectivity index (χ4v) is 2.91. The van der Waals surface area contributed by atoms with Gasteiger partial charge in [0.2, 0.25) is 0 Å². The van der Waals surface area contributed by atoms with Crippen LogP contribution in [0.3, 0.4) is 0 Å². The Bertz CT molecular complexity index is 284. The minimum Gasteiger partial charge on any atom is -0.409 e. The molecular weight excluding hydrogens is 228 g/mol.